The van der Waals surface area contributed by atoms with Crippen LogP contribution in [0.3, 0.4) is 0 Å². The molecule has 2 heterocycles. The molecule has 1 aliphatic heterocycles. The van der Waals surface area contributed by atoms with E-state index in [4.69, 9.17) is 4.52 Å². The Morgan fingerprint density at radius 1 is 1.33 bits per heavy atom. The van der Waals surface area contributed by atoms with Crippen molar-refractivity contribution in [2.75, 3.05) is 19.6 Å². The summed E-state index contributed by atoms with van der Waals surface area (Å²) in [6.45, 7) is 6.89. The minimum atomic E-state index is 0.398. The number of aromatic nitrogens is 2. The zero-order chi connectivity index (χ0) is 16.8. The van der Waals surface area contributed by atoms with Gasteiger partial charge in [-0.05, 0) is 31.4 Å². The SMILES string of the molecule is CCNC(=NCc1nc(C)no1)N1CC=C(c2ccccc2)CC1. The number of benzene rings is 1. The van der Waals surface area contributed by atoms with Crippen LogP contribution in [0.5, 0.6) is 0 Å². The first-order chi connectivity index (χ1) is 11.8. The summed E-state index contributed by atoms with van der Waals surface area (Å²) in [5, 5.41) is 7.14. The van der Waals surface area contributed by atoms with Crippen molar-refractivity contribution in [3.8, 4) is 0 Å². The third-order valence-electron chi connectivity index (χ3n) is 3.92. The van der Waals surface area contributed by atoms with E-state index in [0.29, 0.717) is 18.3 Å². The first-order valence-corrected chi connectivity index (χ1v) is 8.33. The molecule has 126 valence electrons. The second-order valence-electron chi connectivity index (χ2n) is 5.70. The Bertz CT molecular complexity index is 720. The lowest BCUT2D eigenvalue weighted by Gasteiger charge is -2.29. The van der Waals surface area contributed by atoms with Gasteiger partial charge in [-0.2, -0.15) is 4.98 Å². The van der Waals surface area contributed by atoms with Crippen LogP contribution in [0.15, 0.2) is 45.9 Å². The maximum atomic E-state index is 5.13. The van der Waals surface area contributed by atoms with E-state index in [0.717, 1.165) is 32.0 Å². The largest absolute Gasteiger partial charge is 0.356 e. The Morgan fingerprint density at radius 3 is 2.79 bits per heavy atom. The highest BCUT2D eigenvalue weighted by Crippen LogP contribution is 2.22. The van der Waals surface area contributed by atoms with Gasteiger partial charge in [0, 0.05) is 19.6 Å². The van der Waals surface area contributed by atoms with Gasteiger partial charge >= 0.3 is 0 Å². The van der Waals surface area contributed by atoms with E-state index >= 15 is 0 Å². The second kappa shape index (κ2) is 7.77. The molecule has 2 aromatic rings. The van der Waals surface area contributed by atoms with Gasteiger partial charge in [-0.1, -0.05) is 41.6 Å². The van der Waals surface area contributed by atoms with E-state index in [1.807, 2.05) is 13.0 Å². The van der Waals surface area contributed by atoms with E-state index in [1.165, 1.54) is 11.1 Å². The van der Waals surface area contributed by atoms with Crippen molar-refractivity contribution >= 4 is 11.5 Å². The monoisotopic (exact) mass is 325 g/mol. The predicted molar refractivity (Wildman–Crippen MR) is 94.5 cm³/mol. The lowest BCUT2D eigenvalue weighted by atomic mass is 10.00. The van der Waals surface area contributed by atoms with Crippen LogP contribution in [0.25, 0.3) is 5.57 Å². The van der Waals surface area contributed by atoms with E-state index in [1.54, 1.807) is 0 Å². The van der Waals surface area contributed by atoms with Gasteiger partial charge < -0.3 is 14.7 Å². The number of rotatable bonds is 4. The summed E-state index contributed by atoms with van der Waals surface area (Å²) in [7, 11) is 0. The number of guanidine groups is 1. The minimum Gasteiger partial charge on any atom is -0.356 e. The molecule has 1 aromatic carbocycles. The molecule has 0 aliphatic carbocycles. The van der Waals surface area contributed by atoms with Crippen molar-refractivity contribution in [3.05, 3.63) is 53.7 Å². The third kappa shape index (κ3) is 4.01. The van der Waals surface area contributed by atoms with Crippen molar-refractivity contribution in [2.24, 2.45) is 4.99 Å². The molecule has 3 rings (SSSR count). The van der Waals surface area contributed by atoms with Gasteiger partial charge in [-0.15, -0.1) is 0 Å². The van der Waals surface area contributed by atoms with Crippen LogP contribution in [-0.4, -0.2) is 40.6 Å². The summed E-state index contributed by atoms with van der Waals surface area (Å²) in [5.74, 6) is 2.07. The molecule has 24 heavy (non-hydrogen) atoms. The molecule has 6 nitrogen and oxygen atoms in total. The molecular weight excluding hydrogens is 302 g/mol. The Morgan fingerprint density at radius 2 is 2.17 bits per heavy atom. The Kier molecular flexibility index (Phi) is 5.25. The normalized spacial score (nSPS) is 15.3. The van der Waals surface area contributed by atoms with Crippen LogP contribution in [-0.2, 0) is 6.54 Å². The van der Waals surface area contributed by atoms with Crippen molar-refractivity contribution in [1.82, 2.24) is 20.4 Å². The molecule has 0 bridgehead atoms. The molecule has 0 atom stereocenters. The fourth-order valence-corrected chi connectivity index (χ4v) is 2.75. The molecule has 1 aromatic heterocycles. The molecule has 1 N–H and O–H groups in total. The molecule has 1 aliphatic rings. The van der Waals surface area contributed by atoms with Crippen LogP contribution in [0.4, 0.5) is 0 Å². The number of hydrogen-bond donors (Lipinski definition) is 1. The summed E-state index contributed by atoms with van der Waals surface area (Å²) in [4.78, 5) is 11.1. The zero-order valence-electron chi connectivity index (χ0n) is 14.2. The quantitative estimate of drug-likeness (QED) is 0.691. The van der Waals surface area contributed by atoms with Gasteiger partial charge in [0.15, 0.2) is 11.8 Å². The minimum absolute atomic E-state index is 0.398. The molecule has 6 heteroatoms. The van der Waals surface area contributed by atoms with Gasteiger partial charge in [-0.3, -0.25) is 0 Å². The predicted octanol–water partition coefficient (Wildman–Crippen LogP) is 2.63. The van der Waals surface area contributed by atoms with Crippen molar-refractivity contribution in [2.45, 2.75) is 26.8 Å². The molecule has 0 fully saturated rings. The Balaban J connectivity index is 1.68. The summed E-state index contributed by atoms with van der Waals surface area (Å²) >= 11 is 0. The fourth-order valence-electron chi connectivity index (χ4n) is 2.75. The average molecular weight is 325 g/mol. The average Bonchev–Trinajstić information content (AvgIpc) is 3.05. The molecule has 0 spiro atoms. The molecule has 0 saturated carbocycles. The van der Waals surface area contributed by atoms with Crippen LogP contribution < -0.4 is 5.32 Å². The number of aliphatic imine (C=N–C) groups is 1. The number of aryl methyl sites for hydroxylation is 1. The first kappa shape index (κ1) is 16.2. The molecule has 0 saturated heterocycles. The van der Waals surface area contributed by atoms with Crippen molar-refractivity contribution in [3.63, 3.8) is 0 Å². The van der Waals surface area contributed by atoms with E-state index in [2.05, 4.69) is 62.6 Å². The molecule has 0 radical (unpaired) electrons. The van der Waals surface area contributed by atoms with Crippen LogP contribution in [0, 0.1) is 6.92 Å². The van der Waals surface area contributed by atoms with Crippen LogP contribution >= 0.6 is 0 Å². The van der Waals surface area contributed by atoms with Gasteiger partial charge in [0.1, 0.15) is 6.54 Å². The van der Waals surface area contributed by atoms with Gasteiger partial charge in [0.25, 0.3) is 0 Å². The van der Waals surface area contributed by atoms with Gasteiger partial charge in [-0.25, -0.2) is 4.99 Å². The van der Waals surface area contributed by atoms with Gasteiger partial charge in [0.05, 0.1) is 0 Å². The maximum Gasteiger partial charge on any atom is 0.248 e. The van der Waals surface area contributed by atoms with Crippen LogP contribution in [0.1, 0.15) is 30.6 Å². The first-order valence-electron chi connectivity index (χ1n) is 8.33. The number of nitrogens with zero attached hydrogens (tertiary/aromatic N) is 4. The standard InChI is InChI=1S/C18H23N5O/c1-3-19-18(20-13-17-21-14(2)22-24-17)23-11-9-16(10-12-23)15-7-5-4-6-8-15/h4-9H,3,10-13H2,1-2H3,(H,19,20). The molecule has 0 unspecified atom stereocenters. The molecular formula is C18H23N5O. The topological polar surface area (TPSA) is 66.5 Å². The fraction of sp³-hybridized carbons (Fsp3) is 0.389. The van der Waals surface area contributed by atoms with Crippen molar-refractivity contribution < 1.29 is 4.52 Å². The number of nitrogens with one attached hydrogen (secondary N) is 1. The Hall–Kier alpha value is -2.63. The smallest absolute Gasteiger partial charge is 0.248 e. The van der Waals surface area contributed by atoms with E-state index in [9.17, 15) is 0 Å². The molecule has 0 amide bonds. The van der Waals surface area contributed by atoms with E-state index in [-0.39, 0.29) is 0 Å². The van der Waals surface area contributed by atoms with Crippen molar-refractivity contribution in [1.29, 1.82) is 0 Å². The Labute approximate surface area is 142 Å². The van der Waals surface area contributed by atoms with E-state index < -0.39 is 0 Å². The second-order valence-corrected chi connectivity index (χ2v) is 5.70. The van der Waals surface area contributed by atoms with Crippen LogP contribution in [0.2, 0.25) is 0 Å². The zero-order valence-corrected chi connectivity index (χ0v) is 14.2. The summed E-state index contributed by atoms with van der Waals surface area (Å²) in [6.07, 6.45) is 3.29. The lowest BCUT2D eigenvalue weighted by Crippen LogP contribution is -2.43. The summed E-state index contributed by atoms with van der Waals surface area (Å²) < 4.78 is 5.13. The highest BCUT2D eigenvalue weighted by atomic mass is 16.5. The highest BCUT2D eigenvalue weighted by Gasteiger charge is 2.16. The number of hydrogen-bond acceptors (Lipinski definition) is 4. The summed E-state index contributed by atoms with van der Waals surface area (Å²) in [5.41, 5.74) is 2.70. The maximum absolute atomic E-state index is 5.13. The van der Waals surface area contributed by atoms with Gasteiger partial charge in [0.2, 0.25) is 5.89 Å². The lowest BCUT2D eigenvalue weighted by molar-refractivity contribution is 0.374. The third-order valence-corrected chi connectivity index (χ3v) is 3.92. The summed E-state index contributed by atoms with van der Waals surface area (Å²) in [6, 6.07) is 10.5. The highest BCUT2D eigenvalue weighted by molar-refractivity contribution is 5.81.